The van der Waals surface area contributed by atoms with Crippen LogP contribution in [-0.4, -0.2) is 43.6 Å². The van der Waals surface area contributed by atoms with Crippen molar-refractivity contribution in [3.05, 3.63) is 35.8 Å². The number of carbonyl (C=O) groups is 2. The van der Waals surface area contributed by atoms with Crippen LogP contribution >= 0.6 is 12.4 Å². The van der Waals surface area contributed by atoms with Crippen LogP contribution in [0.25, 0.3) is 10.9 Å². The van der Waals surface area contributed by atoms with Crippen LogP contribution in [0, 0.1) is 5.82 Å². The molecule has 0 aliphatic rings. The number of nitrogens with one attached hydrogen (secondary N) is 3. The van der Waals surface area contributed by atoms with Gasteiger partial charge in [-0.25, -0.2) is 9.18 Å². The third kappa shape index (κ3) is 4.94. The van der Waals surface area contributed by atoms with Crippen LogP contribution in [0.3, 0.4) is 0 Å². The lowest BCUT2D eigenvalue weighted by molar-refractivity contribution is -0.145. The van der Waals surface area contributed by atoms with Gasteiger partial charge in [-0.15, -0.1) is 12.4 Å². The van der Waals surface area contributed by atoms with Crippen LogP contribution in [0.1, 0.15) is 12.0 Å². The summed E-state index contributed by atoms with van der Waals surface area (Å²) in [6.45, 7) is 0.520. The molecule has 132 valence electrons. The van der Waals surface area contributed by atoms with Crippen molar-refractivity contribution in [2.24, 2.45) is 0 Å². The van der Waals surface area contributed by atoms with E-state index in [4.69, 9.17) is 4.74 Å². The first-order valence-corrected chi connectivity index (χ1v) is 7.32. The molecule has 0 radical (unpaired) electrons. The van der Waals surface area contributed by atoms with Crippen molar-refractivity contribution in [2.45, 2.75) is 18.9 Å². The molecule has 1 atom stereocenters. The second kappa shape index (κ2) is 9.24. The molecule has 0 aliphatic carbocycles. The Morgan fingerprint density at radius 3 is 2.79 bits per heavy atom. The Balaban J connectivity index is 0.00000288. The first-order valence-electron chi connectivity index (χ1n) is 7.32. The number of hydrogen-bond donors (Lipinski definition) is 3. The van der Waals surface area contributed by atoms with Crippen molar-refractivity contribution >= 4 is 35.2 Å². The maximum atomic E-state index is 13.2. The van der Waals surface area contributed by atoms with Gasteiger partial charge in [-0.05, 0) is 30.8 Å². The molecular formula is C16H21ClFN3O3. The first kappa shape index (κ1) is 19.9. The molecule has 0 spiro atoms. The van der Waals surface area contributed by atoms with E-state index >= 15 is 0 Å². The van der Waals surface area contributed by atoms with Crippen LogP contribution in [-0.2, 0) is 20.7 Å². The highest BCUT2D eigenvalue weighted by atomic mass is 35.5. The molecule has 1 aromatic carbocycles. The number of esters is 1. The number of benzene rings is 1. The molecule has 0 saturated heterocycles. The van der Waals surface area contributed by atoms with E-state index in [-0.39, 0.29) is 37.0 Å². The van der Waals surface area contributed by atoms with Gasteiger partial charge < -0.3 is 20.4 Å². The lowest BCUT2D eigenvalue weighted by Gasteiger charge is -2.16. The number of amides is 1. The van der Waals surface area contributed by atoms with Gasteiger partial charge in [-0.1, -0.05) is 0 Å². The second-order valence-corrected chi connectivity index (χ2v) is 5.20. The first-order chi connectivity index (χ1) is 11.0. The van der Waals surface area contributed by atoms with Crippen molar-refractivity contribution in [1.82, 2.24) is 15.6 Å². The highest BCUT2D eigenvalue weighted by molar-refractivity contribution is 5.87. The molecule has 0 aliphatic heterocycles. The number of methoxy groups -OCH3 is 1. The summed E-state index contributed by atoms with van der Waals surface area (Å²) in [5, 5.41) is 6.36. The summed E-state index contributed by atoms with van der Waals surface area (Å²) in [6.07, 6.45) is 2.24. The van der Waals surface area contributed by atoms with Crippen LogP contribution in [0.2, 0.25) is 0 Å². The summed E-state index contributed by atoms with van der Waals surface area (Å²) < 4.78 is 18.0. The number of hydrogen-bond acceptors (Lipinski definition) is 4. The lowest BCUT2D eigenvalue weighted by Crippen LogP contribution is -2.43. The summed E-state index contributed by atoms with van der Waals surface area (Å²) in [7, 11) is 3.02. The second-order valence-electron chi connectivity index (χ2n) is 5.20. The number of aromatic nitrogens is 1. The van der Waals surface area contributed by atoms with Crippen molar-refractivity contribution in [2.75, 3.05) is 20.7 Å². The maximum absolute atomic E-state index is 13.2. The third-order valence-corrected chi connectivity index (χ3v) is 3.58. The van der Waals surface area contributed by atoms with Crippen LogP contribution < -0.4 is 10.6 Å². The number of rotatable bonds is 7. The Labute approximate surface area is 145 Å². The molecule has 24 heavy (non-hydrogen) atoms. The maximum Gasteiger partial charge on any atom is 0.328 e. The molecule has 0 bridgehead atoms. The van der Waals surface area contributed by atoms with Crippen molar-refractivity contribution in [3.63, 3.8) is 0 Å². The zero-order valence-corrected chi connectivity index (χ0v) is 14.3. The standard InChI is InChI=1S/C16H20FN3O3.ClH/c1-18-6-5-15(21)20-14(16(22)23-2)7-10-9-19-13-8-11(17)3-4-12(10)13;/h3-4,8-9,14,18-19H,5-7H2,1-2H3,(H,20,21);1H. The van der Waals surface area contributed by atoms with E-state index in [9.17, 15) is 14.0 Å². The topological polar surface area (TPSA) is 83.2 Å². The monoisotopic (exact) mass is 357 g/mol. The number of carbonyl (C=O) groups excluding carboxylic acids is 2. The fraction of sp³-hybridized carbons (Fsp3) is 0.375. The smallest absolute Gasteiger partial charge is 0.328 e. The quantitative estimate of drug-likeness (QED) is 0.656. The molecular weight excluding hydrogens is 337 g/mol. The van der Waals surface area contributed by atoms with Gasteiger partial charge in [0.25, 0.3) is 0 Å². The van der Waals surface area contributed by atoms with Crippen LogP contribution in [0.5, 0.6) is 0 Å². The Hall–Kier alpha value is -2.12. The van der Waals surface area contributed by atoms with Crippen molar-refractivity contribution in [3.8, 4) is 0 Å². The van der Waals surface area contributed by atoms with Gasteiger partial charge in [0.2, 0.25) is 5.91 Å². The minimum absolute atomic E-state index is 0. The van der Waals surface area contributed by atoms with Crippen LogP contribution in [0.15, 0.2) is 24.4 Å². The Bertz CT molecular complexity index is 705. The van der Waals surface area contributed by atoms with E-state index in [1.165, 1.54) is 19.2 Å². The Morgan fingerprint density at radius 1 is 1.38 bits per heavy atom. The van der Waals surface area contributed by atoms with Crippen molar-refractivity contribution in [1.29, 1.82) is 0 Å². The fourth-order valence-electron chi connectivity index (χ4n) is 2.39. The Morgan fingerprint density at radius 2 is 2.12 bits per heavy atom. The molecule has 1 amide bonds. The van der Waals surface area contributed by atoms with E-state index in [0.717, 1.165) is 10.9 Å². The normalized spacial score (nSPS) is 11.6. The highest BCUT2D eigenvalue weighted by Crippen LogP contribution is 2.20. The summed E-state index contributed by atoms with van der Waals surface area (Å²) in [4.78, 5) is 26.7. The molecule has 1 aromatic heterocycles. The van der Waals surface area contributed by atoms with Gasteiger partial charge in [0.15, 0.2) is 0 Å². The van der Waals surface area contributed by atoms with E-state index in [0.29, 0.717) is 12.1 Å². The highest BCUT2D eigenvalue weighted by Gasteiger charge is 2.23. The zero-order chi connectivity index (χ0) is 16.8. The van der Waals surface area contributed by atoms with E-state index in [1.54, 1.807) is 19.3 Å². The molecule has 0 fully saturated rings. The molecule has 3 N–H and O–H groups in total. The van der Waals surface area contributed by atoms with E-state index in [2.05, 4.69) is 15.6 Å². The summed E-state index contributed by atoms with van der Waals surface area (Å²) >= 11 is 0. The number of H-pyrrole nitrogens is 1. The summed E-state index contributed by atoms with van der Waals surface area (Å²) in [5.41, 5.74) is 1.45. The van der Waals surface area contributed by atoms with Gasteiger partial charge in [0.1, 0.15) is 11.9 Å². The average Bonchev–Trinajstić information content (AvgIpc) is 2.93. The zero-order valence-electron chi connectivity index (χ0n) is 13.5. The molecule has 0 saturated carbocycles. The van der Waals surface area contributed by atoms with Gasteiger partial charge in [-0.3, -0.25) is 4.79 Å². The number of fused-ring (bicyclic) bond motifs is 1. The fourth-order valence-corrected chi connectivity index (χ4v) is 2.39. The Kier molecular flexibility index (Phi) is 7.67. The predicted molar refractivity (Wildman–Crippen MR) is 91.7 cm³/mol. The SMILES string of the molecule is CNCCC(=O)NC(Cc1c[nH]c2cc(F)ccc12)C(=O)OC.Cl. The molecule has 8 heteroatoms. The van der Waals surface area contributed by atoms with Gasteiger partial charge in [0, 0.05) is 36.5 Å². The van der Waals surface area contributed by atoms with Gasteiger partial charge in [-0.2, -0.15) is 0 Å². The number of ether oxygens (including phenoxy) is 1. The van der Waals surface area contributed by atoms with E-state index in [1.807, 2.05) is 0 Å². The summed E-state index contributed by atoms with van der Waals surface area (Å²) in [5.74, 6) is -1.09. The van der Waals surface area contributed by atoms with Crippen molar-refractivity contribution < 1.29 is 18.7 Å². The molecule has 2 aromatic rings. The van der Waals surface area contributed by atoms with Gasteiger partial charge in [0.05, 0.1) is 7.11 Å². The minimum atomic E-state index is -0.784. The predicted octanol–water partition coefficient (Wildman–Crippen LogP) is 1.54. The third-order valence-electron chi connectivity index (χ3n) is 3.58. The lowest BCUT2D eigenvalue weighted by atomic mass is 10.0. The molecule has 6 nitrogen and oxygen atoms in total. The molecule has 1 heterocycles. The number of aromatic amines is 1. The number of halogens is 2. The van der Waals surface area contributed by atoms with Crippen LogP contribution in [0.4, 0.5) is 4.39 Å². The minimum Gasteiger partial charge on any atom is -0.467 e. The summed E-state index contributed by atoms with van der Waals surface area (Å²) in [6, 6.07) is 3.61. The molecule has 1 unspecified atom stereocenters. The largest absolute Gasteiger partial charge is 0.467 e. The van der Waals surface area contributed by atoms with Gasteiger partial charge >= 0.3 is 5.97 Å². The van der Waals surface area contributed by atoms with E-state index < -0.39 is 12.0 Å². The molecule has 2 rings (SSSR count). The average molecular weight is 358 g/mol.